The van der Waals surface area contributed by atoms with Gasteiger partial charge in [0.1, 0.15) is 17.2 Å². The first-order chi connectivity index (χ1) is 15.7. The van der Waals surface area contributed by atoms with Crippen molar-refractivity contribution in [1.29, 1.82) is 0 Å². The monoisotopic (exact) mass is 427 g/mol. The van der Waals surface area contributed by atoms with Gasteiger partial charge in [0.05, 0.1) is 32.7 Å². The second-order valence-electron chi connectivity index (χ2n) is 7.76. The Morgan fingerprint density at radius 2 is 1.16 bits per heavy atom. The summed E-state index contributed by atoms with van der Waals surface area (Å²) in [6.07, 6.45) is 3.17. The Bertz CT molecular complexity index is 1200. The third kappa shape index (κ3) is 4.26. The first kappa shape index (κ1) is 21.7. The zero-order valence-electron chi connectivity index (χ0n) is 19.1. The highest BCUT2D eigenvalue weighted by molar-refractivity contribution is 6.00. The molecule has 0 bridgehead atoms. The Kier molecular flexibility index (Phi) is 6.60. The van der Waals surface area contributed by atoms with Gasteiger partial charge in [-0.3, -0.25) is 0 Å². The molecule has 0 spiro atoms. The molecular weight excluding hydrogens is 398 g/mol. The molecule has 32 heavy (non-hydrogen) atoms. The Hall–Kier alpha value is -3.53. The van der Waals surface area contributed by atoms with Crippen LogP contribution in [0.25, 0.3) is 33.3 Å². The number of methoxy groups -OCH3 is 3. The SMILES string of the molecule is CCCCc1c(-c2ccc(OC)cc2)nc(-c2ccc(OC)cc2)c2ccc(OC)cc12. The summed E-state index contributed by atoms with van der Waals surface area (Å²) in [5.74, 6) is 2.51. The third-order valence-corrected chi connectivity index (χ3v) is 5.82. The van der Waals surface area contributed by atoms with Gasteiger partial charge in [-0.25, -0.2) is 4.98 Å². The van der Waals surface area contributed by atoms with E-state index in [1.54, 1.807) is 21.3 Å². The van der Waals surface area contributed by atoms with Crippen molar-refractivity contribution >= 4 is 10.8 Å². The number of nitrogens with zero attached hydrogens (tertiary/aromatic N) is 1. The fourth-order valence-corrected chi connectivity index (χ4v) is 4.04. The van der Waals surface area contributed by atoms with Gasteiger partial charge in [0.2, 0.25) is 0 Å². The van der Waals surface area contributed by atoms with Crippen LogP contribution < -0.4 is 14.2 Å². The molecule has 0 fully saturated rings. The van der Waals surface area contributed by atoms with Crippen LogP contribution in [0.15, 0.2) is 66.7 Å². The minimum absolute atomic E-state index is 0.828. The Labute approximate surface area is 189 Å². The van der Waals surface area contributed by atoms with Crippen LogP contribution in [0.4, 0.5) is 0 Å². The zero-order chi connectivity index (χ0) is 22.5. The number of benzene rings is 3. The lowest BCUT2D eigenvalue weighted by Crippen LogP contribution is -2.00. The lowest BCUT2D eigenvalue weighted by Gasteiger charge is -2.17. The number of rotatable bonds is 8. The molecule has 0 amide bonds. The van der Waals surface area contributed by atoms with Crippen LogP contribution in [0.2, 0.25) is 0 Å². The molecule has 0 N–H and O–H groups in total. The van der Waals surface area contributed by atoms with E-state index in [4.69, 9.17) is 19.2 Å². The Morgan fingerprint density at radius 3 is 1.69 bits per heavy atom. The summed E-state index contributed by atoms with van der Waals surface area (Å²) in [6, 6.07) is 22.5. The van der Waals surface area contributed by atoms with Crippen LogP contribution in [0.5, 0.6) is 17.2 Å². The van der Waals surface area contributed by atoms with Crippen molar-refractivity contribution < 1.29 is 14.2 Å². The summed E-state index contributed by atoms with van der Waals surface area (Å²) in [5, 5.41) is 2.31. The van der Waals surface area contributed by atoms with Gasteiger partial charge in [-0.1, -0.05) is 13.3 Å². The fraction of sp³-hybridized carbons (Fsp3) is 0.250. The van der Waals surface area contributed by atoms with E-state index in [1.165, 1.54) is 10.9 Å². The molecule has 0 saturated carbocycles. The molecule has 0 aliphatic heterocycles. The van der Waals surface area contributed by atoms with Crippen LogP contribution in [0, 0.1) is 0 Å². The van der Waals surface area contributed by atoms with Crippen molar-refractivity contribution in [3.63, 3.8) is 0 Å². The van der Waals surface area contributed by atoms with Crippen LogP contribution in [-0.4, -0.2) is 26.3 Å². The van der Waals surface area contributed by atoms with E-state index in [0.29, 0.717) is 0 Å². The van der Waals surface area contributed by atoms with E-state index in [0.717, 1.165) is 64.4 Å². The van der Waals surface area contributed by atoms with Crippen LogP contribution in [-0.2, 0) is 6.42 Å². The summed E-state index contributed by atoms with van der Waals surface area (Å²) in [7, 11) is 5.08. The van der Waals surface area contributed by atoms with Gasteiger partial charge in [-0.15, -0.1) is 0 Å². The summed E-state index contributed by atoms with van der Waals surface area (Å²) >= 11 is 0. The highest BCUT2D eigenvalue weighted by Gasteiger charge is 2.17. The smallest absolute Gasteiger partial charge is 0.119 e. The molecular formula is C28H29NO3. The minimum Gasteiger partial charge on any atom is -0.497 e. The first-order valence-electron chi connectivity index (χ1n) is 11.0. The van der Waals surface area contributed by atoms with E-state index in [9.17, 15) is 0 Å². The maximum Gasteiger partial charge on any atom is 0.119 e. The first-order valence-corrected chi connectivity index (χ1v) is 11.0. The van der Waals surface area contributed by atoms with Gasteiger partial charge in [0.25, 0.3) is 0 Å². The lowest BCUT2D eigenvalue weighted by molar-refractivity contribution is 0.415. The molecule has 1 heterocycles. The molecule has 0 atom stereocenters. The highest BCUT2D eigenvalue weighted by atomic mass is 16.5. The van der Waals surface area contributed by atoms with E-state index >= 15 is 0 Å². The van der Waals surface area contributed by atoms with Gasteiger partial charge < -0.3 is 14.2 Å². The number of hydrogen-bond acceptors (Lipinski definition) is 4. The maximum absolute atomic E-state index is 5.58. The van der Waals surface area contributed by atoms with E-state index in [1.807, 2.05) is 30.3 Å². The van der Waals surface area contributed by atoms with Crippen molar-refractivity contribution in [2.75, 3.05) is 21.3 Å². The molecule has 0 radical (unpaired) electrons. The van der Waals surface area contributed by atoms with Crippen molar-refractivity contribution in [3.8, 4) is 39.8 Å². The van der Waals surface area contributed by atoms with Crippen molar-refractivity contribution in [3.05, 3.63) is 72.3 Å². The maximum atomic E-state index is 5.58. The predicted octanol–water partition coefficient (Wildman–Crippen LogP) is 6.94. The summed E-state index contributed by atoms with van der Waals surface area (Å²) in [4.78, 5) is 5.24. The zero-order valence-corrected chi connectivity index (χ0v) is 19.1. The number of unbranched alkanes of at least 4 members (excludes halogenated alkanes) is 1. The Morgan fingerprint density at radius 1 is 0.625 bits per heavy atom. The van der Waals surface area contributed by atoms with Crippen molar-refractivity contribution in [1.82, 2.24) is 4.98 Å². The summed E-state index contributed by atoms with van der Waals surface area (Å²) in [6.45, 7) is 2.22. The van der Waals surface area contributed by atoms with Crippen LogP contribution in [0.1, 0.15) is 25.3 Å². The molecule has 0 saturated heterocycles. The largest absolute Gasteiger partial charge is 0.497 e. The molecule has 4 nitrogen and oxygen atoms in total. The number of ether oxygens (including phenoxy) is 3. The summed E-state index contributed by atoms with van der Waals surface area (Å²) < 4.78 is 16.3. The summed E-state index contributed by atoms with van der Waals surface area (Å²) in [5.41, 5.74) is 5.35. The van der Waals surface area contributed by atoms with Gasteiger partial charge in [0.15, 0.2) is 0 Å². The molecule has 4 heteroatoms. The molecule has 0 unspecified atom stereocenters. The van der Waals surface area contributed by atoms with E-state index in [-0.39, 0.29) is 0 Å². The van der Waals surface area contributed by atoms with Crippen molar-refractivity contribution in [2.24, 2.45) is 0 Å². The molecule has 4 aromatic rings. The molecule has 4 rings (SSSR count). The molecule has 0 aliphatic carbocycles. The second kappa shape index (κ2) is 9.73. The van der Waals surface area contributed by atoms with E-state index < -0.39 is 0 Å². The average Bonchev–Trinajstić information content (AvgIpc) is 2.86. The lowest BCUT2D eigenvalue weighted by atomic mass is 9.92. The van der Waals surface area contributed by atoms with Crippen LogP contribution >= 0.6 is 0 Å². The molecule has 3 aromatic carbocycles. The van der Waals surface area contributed by atoms with Gasteiger partial charge in [0, 0.05) is 16.5 Å². The van der Waals surface area contributed by atoms with Gasteiger partial charge in [-0.2, -0.15) is 0 Å². The number of aryl methyl sites for hydroxylation is 1. The fourth-order valence-electron chi connectivity index (χ4n) is 4.04. The number of hydrogen-bond donors (Lipinski definition) is 0. The minimum atomic E-state index is 0.828. The number of fused-ring (bicyclic) bond motifs is 1. The van der Waals surface area contributed by atoms with Crippen molar-refractivity contribution in [2.45, 2.75) is 26.2 Å². The topological polar surface area (TPSA) is 40.6 Å². The molecule has 1 aromatic heterocycles. The number of aromatic nitrogens is 1. The predicted molar refractivity (Wildman–Crippen MR) is 131 cm³/mol. The molecule has 0 aliphatic rings. The quantitative estimate of drug-likeness (QED) is 0.305. The van der Waals surface area contributed by atoms with Gasteiger partial charge in [-0.05, 0) is 90.5 Å². The highest BCUT2D eigenvalue weighted by Crippen LogP contribution is 2.38. The second-order valence-corrected chi connectivity index (χ2v) is 7.76. The Balaban J connectivity index is 2.01. The van der Waals surface area contributed by atoms with Gasteiger partial charge >= 0.3 is 0 Å². The average molecular weight is 428 g/mol. The normalized spacial score (nSPS) is 10.9. The number of pyridine rings is 1. The standard InChI is InChI=1S/C28H29NO3/c1-5-6-7-24-26-18-23(32-4)16-17-25(26)28(20-10-14-22(31-3)15-11-20)29-27(24)19-8-12-21(30-2)13-9-19/h8-18H,5-7H2,1-4H3. The molecule has 164 valence electrons. The third-order valence-electron chi connectivity index (χ3n) is 5.82. The van der Waals surface area contributed by atoms with E-state index in [2.05, 4.69) is 43.3 Å². The van der Waals surface area contributed by atoms with Crippen LogP contribution in [0.3, 0.4) is 0 Å².